The summed E-state index contributed by atoms with van der Waals surface area (Å²) >= 11 is 0. The van der Waals surface area contributed by atoms with Crippen molar-refractivity contribution < 1.29 is 19.1 Å². The van der Waals surface area contributed by atoms with Crippen molar-refractivity contribution in [2.24, 2.45) is 5.10 Å². The monoisotopic (exact) mass is 342 g/mol. The van der Waals surface area contributed by atoms with Crippen molar-refractivity contribution in [2.75, 3.05) is 14.2 Å². The number of nitrogens with zero attached hydrogens (tertiary/aromatic N) is 2. The van der Waals surface area contributed by atoms with Gasteiger partial charge in [0.1, 0.15) is 11.5 Å². The highest BCUT2D eigenvalue weighted by molar-refractivity contribution is 6.35. The van der Waals surface area contributed by atoms with Crippen molar-refractivity contribution in [2.45, 2.75) is 6.54 Å². The first-order valence-corrected chi connectivity index (χ1v) is 7.36. The number of methoxy groups -OCH3 is 2. The zero-order valence-corrected chi connectivity index (χ0v) is 13.9. The van der Waals surface area contributed by atoms with Gasteiger partial charge in [-0.15, -0.1) is 0 Å². The smallest absolute Gasteiger partial charge is 0.329 e. The molecule has 1 aromatic heterocycles. The van der Waals surface area contributed by atoms with Crippen LogP contribution < -0.4 is 20.2 Å². The van der Waals surface area contributed by atoms with Crippen LogP contribution in [-0.2, 0) is 16.1 Å². The highest BCUT2D eigenvalue weighted by Gasteiger charge is 2.12. The molecule has 0 aliphatic heterocycles. The van der Waals surface area contributed by atoms with Gasteiger partial charge in [0, 0.05) is 30.6 Å². The van der Waals surface area contributed by atoms with Crippen LogP contribution in [0.4, 0.5) is 0 Å². The molecule has 0 aliphatic carbocycles. The quantitative estimate of drug-likeness (QED) is 0.461. The average Bonchev–Trinajstić information content (AvgIpc) is 2.66. The van der Waals surface area contributed by atoms with Crippen molar-refractivity contribution in [3.63, 3.8) is 0 Å². The van der Waals surface area contributed by atoms with E-state index in [0.29, 0.717) is 17.1 Å². The minimum Gasteiger partial charge on any atom is -0.497 e. The van der Waals surface area contributed by atoms with Gasteiger partial charge in [0.25, 0.3) is 0 Å². The SMILES string of the molecule is COc1ccc(C=NNC(=O)C(=O)NCc2cccnc2)c(OC)c1. The molecule has 0 bridgehead atoms. The van der Waals surface area contributed by atoms with Crippen LogP contribution in [0.1, 0.15) is 11.1 Å². The minimum atomic E-state index is -0.868. The fourth-order valence-corrected chi connectivity index (χ4v) is 1.90. The Hall–Kier alpha value is -3.42. The van der Waals surface area contributed by atoms with Crippen molar-refractivity contribution in [1.29, 1.82) is 0 Å². The highest BCUT2D eigenvalue weighted by Crippen LogP contribution is 2.22. The maximum Gasteiger partial charge on any atom is 0.329 e. The highest BCUT2D eigenvalue weighted by atomic mass is 16.5. The summed E-state index contributed by atoms with van der Waals surface area (Å²) in [6.07, 6.45) is 4.61. The number of hydrogen-bond acceptors (Lipinski definition) is 6. The van der Waals surface area contributed by atoms with Gasteiger partial charge in [0.15, 0.2) is 0 Å². The fraction of sp³-hybridized carbons (Fsp3) is 0.176. The van der Waals surface area contributed by atoms with Gasteiger partial charge in [0.2, 0.25) is 0 Å². The maximum absolute atomic E-state index is 11.7. The van der Waals surface area contributed by atoms with E-state index in [2.05, 4.69) is 20.8 Å². The Morgan fingerprint density at radius 2 is 2.04 bits per heavy atom. The van der Waals surface area contributed by atoms with Crippen LogP contribution >= 0.6 is 0 Å². The molecule has 2 amide bonds. The van der Waals surface area contributed by atoms with Gasteiger partial charge in [-0.05, 0) is 23.8 Å². The molecular formula is C17H18N4O4. The molecule has 0 atom stereocenters. The van der Waals surface area contributed by atoms with Crippen LogP contribution in [0.5, 0.6) is 11.5 Å². The van der Waals surface area contributed by atoms with Crippen LogP contribution in [0.15, 0.2) is 47.8 Å². The first kappa shape index (κ1) is 17.9. The summed E-state index contributed by atoms with van der Waals surface area (Å²) < 4.78 is 10.3. The largest absolute Gasteiger partial charge is 0.497 e. The van der Waals surface area contributed by atoms with Gasteiger partial charge in [-0.25, -0.2) is 5.43 Å². The van der Waals surface area contributed by atoms with Crippen LogP contribution in [-0.4, -0.2) is 37.2 Å². The second-order valence-corrected chi connectivity index (χ2v) is 4.85. The van der Waals surface area contributed by atoms with Crippen LogP contribution in [0.25, 0.3) is 0 Å². The summed E-state index contributed by atoms with van der Waals surface area (Å²) in [6.45, 7) is 0.204. The lowest BCUT2D eigenvalue weighted by Crippen LogP contribution is -2.37. The van der Waals surface area contributed by atoms with E-state index >= 15 is 0 Å². The third kappa shape index (κ3) is 5.31. The molecule has 0 saturated carbocycles. The lowest BCUT2D eigenvalue weighted by atomic mass is 10.2. The van der Waals surface area contributed by atoms with Gasteiger partial charge in [-0.3, -0.25) is 14.6 Å². The molecule has 0 fully saturated rings. The second-order valence-electron chi connectivity index (χ2n) is 4.85. The van der Waals surface area contributed by atoms with Crippen molar-refractivity contribution in [3.05, 3.63) is 53.9 Å². The second kappa shape index (κ2) is 9.02. The Morgan fingerprint density at radius 3 is 2.72 bits per heavy atom. The Kier molecular flexibility index (Phi) is 6.47. The zero-order valence-electron chi connectivity index (χ0n) is 13.9. The van der Waals surface area contributed by atoms with Crippen molar-refractivity contribution in [3.8, 4) is 11.5 Å². The molecule has 0 spiro atoms. The topological polar surface area (TPSA) is 102 Å². The molecule has 0 radical (unpaired) electrons. The number of nitrogens with one attached hydrogen (secondary N) is 2. The predicted octanol–water partition coefficient (Wildman–Crippen LogP) is 0.865. The van der Waals surface area contributed by atoms with Gasteiger partial charge in [-0.1, -0.05) is 6.07 Å². The van der Waals surface area contributed by atoms with Gasteiger partial charge < -0.3 is 14.8 Å². The van der Waals surface area contributed by atoms with Gasteiger partial charge in [0.05, 0.1) is 20.4 Å². The third-order valence-electron chi connectivity index (χ3n) is 3.19. The van der Waals surface area contributed by atoms with E-state index in [4.69, 9.17) is 9.47 Å². The Labute approximate surface area is 144 Å². The summed E-state index contributed by atoms with van der Waals surface area (Å²) in [5.74, 6) is -0.499. The molecular weight excluding hydrogens is 324 g/mol. The molecule has 1 heterocycles. The Bertz CT molecular complexity index is 762. The van der Waals surface area contributed by atoms with Crippen molar-refractivity contribution in [1.82, 2.24) is 15.7 Å². The van der Waals surface area contributed by atoms with E-state index < -0.39 is 11.8 Å². The molecule has 0 saturated heterocycles. The summed E-state index contributed by atoms with van der Waals surface area (Å²) in [5.41, 5.74) is 3.57. The van der Waals surface area contributed by atoms with E-state index in [1.807, 2.05) is 0 Å². The summed E-state index contributed by atoms with van der Waals surface area (Å²) in [6, 6.07) is 8.67. The first-order chi connectivity index (χ1) is 12.1. The number of hydrogen-bond donors (Lipinski definition) is 2. The molecule has 130 valence electrons. The van der Waals surface area contributed by atoms with Gasteiger partial charge in [-0.2, -0.15) is 5.10 Å². The fourth-order valence-electron chi connectivity index (χ4n) is 1.90. The van der Waals surface area contributed by atoms with E-state index in [1.54, 1.807) is 49.8 Å². The number of carbonyl (C=O) groups is 2. The zero-order chi connectivity index (χ0) is 18.1. The summed E-state index contributed by atoms with van der Waals surface area (Å²) in [7, 11) is 3.06. The Morgan fingerprint density at radius 1 is 1.20 bits per heavy atom. The molecule has 2 N–H and O–H groups in total. The van der Waals surface area contributed by atoms with Crippen LogP contribution in [0, 0.1) is 0 Å². The number of pyridine rings is 1. The van der Waals surface area contributed by atoms with E-state index in [0.717, 1.165) is 5.56 Å². The van der Waals surface area contributed by atoms with E-state index in [-0.39, 0.29) is 6.54 Å². The number of benzene rings is 1. The maximum atomic E-state index is 11.7. The predicted molar refractivity (Wildman–Crippen MR) is 91.4 cm³/mol. The number of carbonyl (C=O) groups excluding carboxylic acids is 2. The number of hydrazone groups is 1. The number of ether oxygens (including phenoxy) is 2. The molecule has 25 heavy (non-hydrogen) atoms. The first-order valence-electron chi connectivity index (χ1n) is 7.36. The summed E-state index contributed by atoms with van der Waals surface area (Å²) in [5, 5.41) is 6.24. The van der Waals surface area contributed by atoms with Crippen molar-refractivity contribution >= 4 is 18.0 Å². The summed E-state index contributed by atoms with van der Waals surface area (Å²) in [4.78, 5) is 27.3. The molecule has 2 rings (SSSR count). The molecule has 0 aliphatic rings. The number of rotatable bonds is 6. The molecule has 1 aromatic carbocycles. The standard InChI is InChI=1S/C17H18N4O4/c1-24-14-6-5-13(15(8-14)25-2)11-20-21-17(23)16(22)19-10-12-4-3-7-18-9-12/h3-9,11H,10H2,1-2H3,(H,19,22)(H,21,23). The van der Waals surface area contributed by atoms with Crippen LogP contribution in [0.3, 0.4) is 0 Å². The molecule has 2 aromatic rings. The third-order valence-corrected chi connectivity index (χ3v) is 3.19. The molecule has 8 nitrogen and oxygen atoms in total. The lowest BCUT2D eigenvalue weighted by Gasteiger charge is -2.07. The lowest BCUT2D eigenvalue weighted by molar-refractivity contribution is -0.139. The molecule has 8 heteroatoms. The van der Waals surface area contributed by atoms with Gasteiger partial charge >= 0.3 is 11.8 Å². The number of aromatic nitrogens is 1. The Balaban J connectivity index is 1.88. The normalized spacial score (nSPS) is 10.3. The van der Waals surface area contributed by atoms with E-state index in [9.17, 15) is 9.59 Å². The minimum absolute atomic E-state index is 0.204. The average molecular weight is 342 g/mol. The van der Waals surface area contributed by atoms with Crippen LogP contribution in [0.2, 0.25) is 0 Å². The number of amides is 2. The molecule has 0 unspecified atom stereocenters. The van der Waals surface area contributed by atoms with E-state index in [1.165, 1.54) is 13.3 Å².